The molecule has 0 saturated carbocycles. The number of halogens is 1. The molecule has 128 valence electrons. The average molecular weight is 345 g/mol. The predicted molar refractivity (Wildman–Crippen MR) is 102 cm³/mol. The van der Waals surface area contributed by atoms with Gasteiger partial charge in [-0.15, -0.1) is 0 Å². The van der Waals surface area contributed by atoms with Gasteiger partial charge in [-0.25, -0.2) is 0 Å². The Bertz CT molecular complexity index is 668. The van der Waals surface area contributed by atoms with E-state index in [1.165, 1.54) is 0 Å². The molecular formula is C20H25ClN2O. The van der Waals surface area contributed by atoms with Crippen molar-refractivity contribution in [3.8, 4) is 0 Å². The second-order valence-corrected chi connectivity index (χ2v) is 6.47. The summed E-state index contributed by atoms with van der Waals surface area (Å²) in [5.74, 6) is 0.161. The van der Waals surface area contributed by atoms with E-state index >= 15 is 0 Å². The summed E-state index contributed by atoms with van der Waals surface area (Å²) >= 11 is 6.16. The summed E-state index contributed by atoms with van der Waals surface area (Å²) < 4.78 is 0. The molecule has 2 rings (SSSR count). The van der Waals surface area contributed by atoms with Crippen LogP contribution in [0.25, 0.3) is 0 Å². The predicted octanol–water partition coefficient (Wildman–Crippen LogP) is 4.39. The zero-order valence-electron chi connectivity index (χ0n) is 14.6. The number of carbonyl (C=O) groups is 1. The van der Waals surface area contributed by atoms with E-state index in [0.717, 1.165) is 21.8 Å². The first-order valence-corrected chi connectivity index (χ1v) is 8.66. The average Bonchev–Trinajstić information content (AvgIpc) is 2.59. The fourth-order valence-corrected chi connectivity index (χ4v) is 2.83. The van der Waals surface area contributed by atoms with Gasteiger partial charge in [-0.2, -0.15) is 0 Å². The summed E-state index contributed by atoms with van der Waals surface area (Å²) in [5.41, 5.74) is 3.33. The molecule has 3 nitrogen and oxygen atoms in total. The van der Waals surface area contributed by atoms with E-state index in [1.807, 2.05) is 50.2 Å². The van der Waals surface area contributed by atoms with E-state index in [-0.39, 0.29) is 5.91 Å². The van der Waals surface area contributed by atoms with Crippen LogP contribution in [0.15, 0.2) is 48.5 Å². The van der Waals surface area contributed by atoms with Crippen molar-refractivity contribution in [3.05, 3.63) is 64.7 Å². The number of carbonyl (C=O) groups excluding carboxylic acids is 1. The lowest BCUT2D eigenvalue weighted by atomic mass is 10.1. The van der Waals surface area contributed by atoms with Gasteiger partial charge >= 0.3 is 0 Å². The van der Waals surface area contributed by atoms with Crippen LogP contribution < -0.4 is 4.90 Å². The van der Waals surface area contributed by atoms with Crippen LogP contribution in [0, 0.1) is 0 Å². The second-order valence-electron chi connectivity index (χ2n) is 6.06. The van der Waals surface area contributed by atoms with Gasteiger partial charge in [-0.3, -0.25) is 4.79 Å². The zero-order valence-corrected chi connectivity index (χ0v) is 15.4. The molecule has 0 N–H and O–H groups in total. The Morgan fingerprint density at radius 1 is 1.04 bits per heavy atom. The molecule has 0 aliphatic heterocycles. The molecule has 0 heterocycles. The van der Waals surface area contributed by atoms with Crippen LogP contribution in [0.3, 0.4) is 0 Å². The molecule has 0 saturated heterocycles. The van der Waals surface area contributed by atoms with E-state index in [4.69, 9.17) is 11.6 Å². The largest absolute Gasteiger partial charge is 0.378 e. The Hall–Kier alpha value is -2.00. The van der Waals surface area contributed by atoms with Crippen LogP contribution in [-0.2, 0) is 17.8 Å². The lowest BCUT2D eigenvalue weighted by Gasteiger charge is -2.22. The summed E-state index contributed by atoms with van der Waals surface area (Å²) in [5, 5.41) is 0.729. The Morgan fingerprint density at radius 2 is 1.71 bits per heavy atom. The minimum Gasteiger partial charge on any atom is -0.378 e. The maximum atomic E-state index is 12.5. The van der Waals surface area contributed by atoms with Crippen LogP contribution in [0.4, 0.5) is 5.69 Å². The molecule has 0 radical (unpaired) electrons. The van der Waals surface area contributed by atoms with Crippen LogP contribution in [0.2, 0.25) is 5.02 Å². The first-order valence-electron chi connectivity index (χ1n) is 8.28. The Kier molecular flexibility index (Phi) is 6.68. The maximum absolute atomic E-state index is 12.5. The smallest absolute Gasteiger partial charge is 0.223 e. The molecule has 2 aromatic rings. The SMILES string of the molecule is CCN(Cc1ccc(N(C)C)cc1)C(=O)CCc1ccccc1Cl. The first-order chi connectivity index (χ1) is 11.5. The van der Waals surface area contributed by atoms with E-state index in [0.29, 0.717) is 25.9 Å². The number of nitrogens with zero attached hydrogens (tertiary/aromatic N) is 2. The highest BCUT2D eigenvalue weighted by atomic mass is 35.5. The van der Waals surface area contributed by atoms with Gasteiger partial charge in [0.25, 0.3) is 0 Å². The molecule has 0 fully saturated rings. The van der Waals surface area contributed by atoms with Crippen molar-refractivity contribution < 1.29 is 4.79 Å². The lowest BCUT2D eigenvalue weighted by Crippen LogP contribution is -2.30. The van der Waals surface area contributed by atoms with E-state index in [9.17, 15) is 4.79 Å². The third-order valence-corrected chi connectivity index (χ3v) is 4.50. The molecule has 4 heteroatoms. The number of benzene rings is 2. The minimum absolute atomic E-state index is 0.161. The van der Waals surface area contributed by atoms with Gasteiger partial charge in [-0.1, -0.05) is 41.9 Å². The third-order valence-electron chi connectivity index (χ3n) is 4.13. The van der Waals surface area contributed by atoms with Crippen molar-refractivity contribution in [2.24, 2.45) is 0 Å². The highest BCUT2D eigenvalue weighted by Gasteiger charge is 2.13. The lowest BCUT2D eigenvalue weighted by molar-refractivity contribution is -0.131. The molecule has 0 aliphatic rings. The van der Waals surface area contributed by atoms with Gasteiger partial charge in [0.05, 0.1) is 0 Å². The van der Waals surface area contributed by atoms with E-state index < -0.39 is 0 Å². The number of anilines is 1. The van der Waals surface area contributed by atoms with Gasteiger partial charge in [0.2, 0.25) is 5.91 Å². The Morgan fingerprint density at radius 3 is 2.29 bits per heavy atom. The second kappa shape index (κ2) is 8.74. The van der Waals surface area contributed by atoms with E-state index in [1.54, 1.807) is 0 Å². The molecule has 0 aliphatic carbocycles. The highest BCUT2D eigenvalue weighted by Crippen LogP contribution is 2.18. The molecule has 0 unspecified atom stereocenters. The summed E-state index contributed by atoms with van der Waals surface area (Å²) in [6.07, 6.45) is 1.15. The zero-order chi connectivity index (χ0) is 17.5. The molecule has 0 spiro atoms. The quantitative estimate of drug-likeness (QED) is 0.743. The fourth-order valence-electron chi connectivity index (χ4n) is 2.60. The van der Waals surface area contributed by atoms with Crippen LogP contribution >= 0.6 is 11.6 Å². The van der Waals surface area contributed by atoms with Crippen molar-refractivity contribution in [1.82, 2.24) is 4.90 Å². The Balaban J connectivity index is 1.95. The third kappa shape index (κ3) is 5.00. The standard InChI is InChI=1S/C20H25ClN2O/c1-4-23(15-16-9-12-18(13-10-16)22(2)3)20(24)14-11-17-7-5-6-8-19(17)21/h5-10,12-13H,4,11,14-15H2,1-3H3. The van der Waals surface area contributed by atoms with Gasteiger partial charge in [0, 0.05) is 44.3 Å². The van der Waals surface area contributed by atoms with Gasteiger partial charge in [-0.05, 0) is 42.7 Å². The summed E-state index contributed by atoms with van der Waals surface area (Å²) in [6.45, 7) is 3.37. The maximum Gasteiger partial charge on any atom is 0.223 e. The van der Waals surface area contributed by atoms with Gasteiger partial charge in [0.1, 0.15) is 0 Å². The molecular weight excluding hydrogens is 320 g/mol. The highest BCUT2D eigenvalue weighted by molar-refractivity contribution is 6.31. The number of rotatable bonds is 7. The number of aryl methyl sites for hydroxylation is 1. The van der Waals surface area contributed by atoms with Crippen LogP contribution in [0.5, 0.6) is 0 Å². The van der Waals surface area contributed by atoms with Crippen LogP contribution in [0.1, 0.15) is 24.5 Å². The summed E-state index contributed by atoms with van der Waals surface area (Å²) in [6, 6.07) is 16.0. The van der Waals surface area contributed by atoms with Gasteiger partial charge < -0.3 is 9.80 Å². The first kappa shape index (κ1) is 18.3. The van der Waals surface area contributed by atoms with Crippen molar-refractivity contribution in [2.45, 2.75) is 26.3 Å². The van der Waals surface area contributed by atoms with Crippen molar-refractivity contribution >= 4 is 23.2 Å². The van der Waals surface area contributed by atoms with Gasteiger partial charge in [0.15, 0.2) is 0 Å². The molecule has 0 bridgehead atoms. The normalized spacial score (nSPS) is 10.5. The van der Waals surface area contributed by atoms with Crippen LogP contribution in [-0.4, -0.2) is 31.4 Å². The van der Waals surface area contributed by atoms with Crippen molar-refractivity contribution in [2.75, 3.05) is 25.5 Å². The fraction of sp³-hybridized carbons (Fsp3) is 0.350. The van der Waals surface area contributed by atoms with E-state index in [2.05, 4.69) is 29.2 Å². The molecule has 0 atom stereocenters. The molecule has 1 amide bonds. The Labute approximate surface area is 149 Å². The van der Waals surface area contributed by atoms with Crippen molar-refractivity contribution in [3.63, 3.8) is 0 Å². The van der Waals surface area contributed by atoms with Crippen molar-refractivity contribution in [1.29, 1.82) is 0 Å². The summed E-state index contributed by atoms with van der Waals surface area (Å²) in [7, 11) is 4.04. The summed E-state index contributed by atoms with van der Waals surface area (Å²) in [4.78, 5) is 16.5. The molecule has 24 heavy (non-hydrogen) atoms. The number of hydrogen-bond acceptors (Lipinski definition) is 2. The molecule has 0 aromatic heterocycles. The topological polar surface area (TPSA) is 23.6 Å². The number of amides is 1. The number of hydrogen-bond donors (Lipinski definition) is 0. The minimum atomic E-state index is 0.161. The molecule has 2 aromatic carbocycles. The monoisotopic (exact) mass is 344 g/mol.